The summed E-state index contributed by atoms with van der Waals surface area (Å²) in [5.41, 5.74) is -0.0883. The molecule has 16 heavy (non-hydrogen) atoms. The zero-order valence-corrected chi connectivity index (χ0v) is 9.49. The van der Waals surface area contributed by atoms with Gasteiger partial charge in [0.15, 0.2) is 0 Å². The molecule has 2 heterocycles. The normalized spacial score (nSPS) is 10.2. The van der Waals surface area contributed by atoms with Crippen LogP contribution in [0, 0.1) is 0 Å². The molecule has 3 nitrogen and oxygen atoms in total. The predicted molar refractivity (Wildman–Crippen MR) is 68.5 cm³/mol. The van der Waals surface area contributed by atoms with Crippen LogP contribution in [0.1, 0.15) is 32.1 Å². The van der Waals surface area contributed by atoms with Gasteiger partial charge in [0, 0.05) is 17.1 Å². The predicted octanol–water partition coefficient (Wildman–Crippen LogP) is 3.05. The van der Waals surface area contributed by atoms with Gasteiger partial charge in [-0.05, 0) is 24.1 Å². The quantitative estimate of drug-likeness (QED) is 0.803. The lowest BCUT2D eigenvalue weighted by Gasteiger charge is -1.99. The van der Waals surface area contributed by atoms with E-state index >= 15 is 0 Å². The summed E-state index contributed by atoms with van der Waals surface area (Å²) in [7, 11) is 0. The Morgan fingerprint density at radius 2 is 2.06 bits per heavy atom. The molecule has 0 aliphatic rings. The van der Waals surface area contributed by atoms with Crippen molar-refractivity contribution in [2.24, 2.45) is 0 Å². The fourth-order valence-electron chi connectivity index (χ4n) is 1.29. The van der Waals surface area contributed by atoms with Gasteiger partial charge in [-0.15, -0.1) is 11.3 Å². The molecule has 0 fully saturated rings. The Kier molecular flexibility index (Phi) is 4.01. The third kappa shape index (κ3) is 2.39. The van der Waals surface area contributed by atoms with Gasteiger partial charge in [0.1, 0.15) is 5.00 Å². The van der Waals surface area contributed by atoms with Crippen molar-refractivity contribution < 1.29 is 0 Å². The molecule has 0 unspecified atom stereocenters. The molecule has 0 bridgehead atoms. The summed E-state index contributed by atoms with van der Waals surface area (Å²) in [4.78, 5) is 12.8. The van der Waals surface area contributed by atoms with Gasteiger partial charge in [0.2, 0.25) is 0 Å². The van der Waals surface area contributed by atoms with E-state index in [1.54, 1.807) is 23.6 Å². The van der Waals surface area contributed by atoms with Gasteiger partial charge in [-0.25, -0.2) is 0 Å². The van der Waals surface area contributed by atoms with E-state index in [9.17, 15) is 4.79 Å². The molecular formula is C12H16N2OS. The van der Waals surface area contributed by atoms with Crippen LogP contribution >= 0.6 is 11.3 Å². The molecule has 0 atom stereocenters. The van der Waals surface area contributed by atoms with E-state index < -0.39 is 0 Å². The molecule has 0 aliphatic heterocycles. The topological polar surface area (TPSA) is 34.9 Å². The van der Waals surface area contributed by atoms with E-state index in [-0.39, 0.29) is 13.0 Å². The highest BCUT2D eigenvalue weighted by Gasteiger charge is 2.06. The second kappa shape index (κ2) is 5.07. The van der Waals surface area contributed by atoms with Crippen LogP contribution < -0.4 is 5.56 Å². The Bertz CT molecular complexity index is 513. The van der Waals surface area contributed by atoms with Crippen molar-refractivity contribution in [3.05, 3.63) is 45.7 Å². The van der Waals surface area contributed by atoms with Gasteiger partial charge >= 0.3 is 0 Å². The van der Waals surface area contributed by atoms with Crippen molar-refractivity contribution in [1.82, 2.24) is 9.78 Å². The van der Waals surface area contributed by atoms with Crippen LogP contribution in [0.25, 0.3) is 5.00 Å². The minimum absolute atomic E-state index is 0. The van der Waals surface area contributed by atoms with Crippen molar-refractivity contribution in [3.63, 3.8) is 0 Å². The monoisotopic (exact) mass is 236 g/mol. The summed E-state index contributed by atoms with van der Waals surface area (Å²) in [5, 5.41) is 4.91. The molecule has 0 N–H and O–H groups in total. The summed E-state index contributed by atoms with van der Waals surface area (Å²) >= 11 is 1.61. The van der Waals surface area contributed by atoms with Crippen LogP contribution in [0.5, 0.6) is 0 Å². The van der Waals surface area contributed by atoms with E-state index in [1.807, 2.05) is 12.1 Å². The van der Waals surface area contributed by atoms with Crippen molar-refractivity contribution in [3.8, 4) is 5.00 Å². The van der Waals surface area contributed by atoms with Crippen LogP contribution in [0.2, 0.25) is 0 Å². The summed E-state index contributed by atoms with van der Waals surface area (Å²) < 4.78 is 1.43. The highest BCUT2D eigenvalue weighted by atomic mass is 32.1. The van der Waals surface area contributed by atoms with E-state index in [2.05, 4.69) is 18.9 Å². The summed E-state index contributed by atoms with van der Waals surface area (Å²) in [6, 6.07) is 7.15. The van der Waals surface area contributed by atoms with Gasteiger partial charge in [-0.2, -0.15) is 9.78 Å². The standard InChI is InChI=1S/C11H12N2OS.CH4/c1-8(2)9-5-6-11(15-9)13-10(14)4-3-7-12-13;/h3-8H,1-2H3;1H4. The van der Waals surface area contributed by atoms with E-state index in [4.69, 9.17) is 0 Å². The minimum Gasteiger partial charge on any atom is -0.267 e. The molecule has 2 aromatic heterocycles. The lowest BCUT2D eigenvalue weighted by Crippen LogP contribution is -2.17. The Labute approximate surface area is 99.4 Å². The Morgan fingerprint density at radius 1 is 1.31 bits per heavy atom. The van der Waals surface area contributed by atoms with Gasteiger partial charge in [-0.3, -0.25) is 4.79 Å². The SMILES string of the molecule is C.CC(C)c1ccc(-n2ncccc2=O)s1. The number of thiophene rings is 1. The molecule has 0 aromatic carbocycles. The Morgan fingerprint density at radius 3 is 2.62 bits per heavy atom. The number of rotatable bonds is 2. The summed E-state index contributed by atoms with van der Waals surface area (Å²) in [5.74, 6) is 0.489. The molecule has 0 radical (unpaired) electrons. The minimum atomic E-state index is -0.0883. The van der Waals surface area contributed by atoms with Crippen molar-refractivity contribution >= 4 is 11.3 Å². The third-order valence-corrected chi connectivity index (χ3v) is 3.47. The van der Waals surface area contributed by atoms with Gasteiger partial charge in [0.25, 0.3) is 5.56 Å². The second-order valence-corrected chi connectivity index (χ2v) is 4.70. The van der Waals surface area contributed by atoms with E-state index in [0.29, 0.717) is 5.92 Å². The number of aromatic nitrogens is 2. The molecule has 86 valence electrons. The Hall–Kier alpha value is -1.42. The molecule has 2 rings (SSSR count). The largest absolute Gasteiger partial charge is 0.272 e. The molecule has 4 heteroatoms. The van der Waals surface area contributed by atoms with E-state index in [0.717, 1.165) is 5.00 Å². The highest BCUT2D eigenvalue weighted by Crippen LogP contribution is 2.25. The average Bonchev–Trinajstić information content (AvgIpc) is 2.67. The average molecular weight is 236 g/mol. The van der Waals surface area contributed by atoms with Gasteiger partial charge in [0.05, 0.1) is 0 Å². The van der Waals surface area contributed by atoms with Crippen LogP contribution in [0.4, 0.5) is 0 Å². The summed E-state index contributed by atoms with van der Waals surface area (Å²) in [6.45, 7) is 4.27. The lowest BCUT2D eigenvalue weighted by atomic mass is 10.2. The fourth-order valence-corrected chi connectivity index (χ4v) is 2.26. The molecule has 0 aliphatic carbocycles. The van der Waals surface area contributed by atoms with Crippen LogP contribution in [0.15, 0.2) is 35.3 Å². The second-order valence-electron chi connectivity index (χ2n) is 3.60. The number of hydrogen-bond donors (Lipinski definition) is 0. The first-order valence-corrected chi connectivity index (χ1v) is 5.64. The summed E-state index contributed by atoms with van der Waals surface area (Å²) in [6.07, 6.45) is 1.62. The number of nitrogens with zero attached hydrogens (tertiary/aromatic N) is 2. The van der Waals surface area contributed by atoms with Crippen molar-refractivity contribution in [2.45, 2.75) is 27.2 Å². The number of hydrogen-bond acceptors (Lipinski definition) is 3. The molecule has 0 amide bonds. The fraction of sp³-hybridized carbons (Fsp3) is 0.333. The van der Waals surface area contributed by atoms with Crippen LogP contribution in [0.3, 0.4) is 0 Å². The zero-order valence-electron chi connectivity index (χ0n) is 8.68. The highest BCUT2D eigenvalue weighted by molar-refractivity contribution is 7.14. The molecule has 2 aromatic rings. The van der Waals surface area contributed by atoms with Gasteiger partial charge in [-0.1, -0.05) is 21.3 Å². The smallest absolute Gasteiger partial charge is 0.267 e. The maximum absolute atomic E-state index is 11.5. The Balaban J connectivity index is 0.00000128. The molecule has 0 spiro atoms. The third-order valence-electron chi connectivity index (χ3n) is 2.11. The van der Waals surface area contributed by atoms with Crippen molar-refractivity contribution in [2.75, 3.05) is 0 Å². The zero-order chi connectivity index (χ0) is 10.8. The maximum Gasteiger partial charge on any atom is 0.272 e. The van der Waals surface area contributed by atoms with Crippen LogP contribution in [-0.2, 0) is 0 Å². The maximum atomic E-state index is 11.5. The molecular weight excluding hydrogens is 220 g/mol. The van der Waals surface area contributed by atoms with Crippen LogP contribution in [-0.4, -0.2) is 9.78 Å². The first-order chi connectivity index (χ1) is 7.18. The molecule has 0 saturated heterocycles. The first-order valence-electron chi connectivity index (χ1n) is 4.83. The van der Waals surface area contributed by atoms with E-state index in [1.165, 1.54) is 15.6 Å². The van der Waals surface area contributed by atoms with Crippen molar-refractivity contribution in [1.29, 1.82) is 0 Å². The molecule has 0 saturated carbocycles. The van der Waals surface area contributed by atoms with Gasteiger partial charge < -0.3 is 0 Å². The lowest BCUT2D eigenvalue weighted by molar-refractivity contribution is 0.820. The first kappa shape index (κ1) is 12.6.